The van der Waals surface area contributed by atoms with E-state index in [1.54, 1.807) is 37.7 Å². The van der Waals surface area contributed by atoms with Gasteiger partial charge in [-0.3, -0.25) is 4.72 Å². The number of halogens is 1. The van der Waals surface area contributed by atoms with Gasteiger partial charge >= 0.3 is 0 Å². The Morgan fingerprint density at radius 2 is 1.90 bits per heavy atom. The Balaban J connectivity index is 0.00000220. The fourth-order valence-electron chi connectivity index (χ4n) is 1.59. The molecule has 0 radical (unpaired) electrons. The minimum atomic E-state index is -3.29. The second-order valence-corrected chi connectivity index (χ2v) is 8.21. The van der Waals surface area contributed by atoms with Gasteiger partial charge in [0.2, 0.25) is 10.0 Å². The number of rotatable bonds is 4. The van der Waals surface area contributed by atoms with Gasteiger partial charge in [0.15, 0.2) is 5.17 Å². The third-order valence-corrected chi connectivity index (χ3v) is 5.77. The van der Waals surface area contributed by atoms with Crippen LogP contribution in [0, 0.1) is 0 Å². The molecule has 2 rings (SSSR count). The summed E-state index contributed by atoms with van der Waals surface area (Å²) in [6.07, 6.45) is 0. The molecule has 1 heterocycles. The van der Waals surface area contributed by atoms with Crippen LogP contribution < -0.4 is 4.72 Å². The summed E-state index contributed by atoms with van der Waals surface area (Å²) in [7, 11) is -1.28. The summed E-state index contributed by atoms with van der Waals surface area (Å²) >= 11 is 1.73. The second-order valence-electron chi connectivity index (χ2n) is 4.91. The molecule has 0 unspecified atom stereocenters. The lowest BCUT2D eigenvalue weighted by Crippen LogP contribution is -2.22. The van der Waals surface area contributed by atoms with Crippen LogP contribution in [0.3, 0.4) is 0 Å². The highest BCUT2D eigenvalue weighted by atomic mass is 35.5. The van der Waals surface area contributed by atoms with Crippen molar-refractivity contribution in [1.29, 1.82) is 0 Å². The summed E-state index contributed by atoms with van der Waals surface area (Å²) in [5.41, 5.74) is 1.39. The van der Waals surface area contributed by atoms with Crippen LogP contribution in [0.5, 0.6) is 0 Å². The molecule has 0 bridgehead atoms. The summed E-state index contributed by atoms with van der Waals surface area (Å²) in [6, 6.07) is 7.10. The van der Waals surface area contributed by atoms with E-state index in [1.165, 1.54) is 0 Å². The quantitative estimate of drug-likeness (QED) is 0.907. The fourth-order valence-corrected chi connectivity index (χ4v) is 3.32. The second kappa shape index (κ2) is 7.38. The van der Waals surface area contributed by atoms with E-state index in [-0.39, 0.29) is 12.4 Å². The lowest BCUT2D eigenvalue weighted by molar-refractivity contribution is 0.563. The summed E-state index contributed by atoms with van der Waals surface area (Å²) < 4.78 is 26.1. The number of aliphatic imine (C=N–C) groups is 1. The van der Waals surface area contributed by atoms with E-state index in [0.717, 1.165) is 23.2 Å². The van der Waals surface area contributed by atoms with E-state index < -0.39 is 15.3 Å². The number of hydrogen-bond acceptors (Lipinski definition) is 4. The van der Waals surface area contributed by atoms with Gasteiger partial charge in [-0.2, -0.15) is 0 Å². The summed E-state index contributed by atoms with van der Waals surface area (Å²) in [4.78, 5) is 6.65. The standard InChI is InChI=1S/C13H19N3O2S2.ClH/c1-10(2)20(17,18)15-12-6-4-11(5-7-12)14-13-16(3)8-9-19-13;/h4-7,10,15H,8-9H2,1-3H3;1H. The Labute approximate surface area is 136 Å². The van der Waals surface area contributed by atoms with Crippen molar-refractivity contribution in [2.24, 2.45) is 4.99 Å². The highest BCUT2D eigenvalue weighted by Gasteiger charge is 2.16. The van der Waals surface area contributed by atoms with Gasteiger partial charge in [-0.25, -0.2) is 13.4 Å². The zero-order valence-corrected chi connectivity index (χ0v) is 14.7. The topological polar surface area (TPSA) is 61.8 Å². The van der Waals surface area contributed by atoms with Crippen LogP contribution >= 0.6 is 24.2 Å². The third kappa shape index (κ3) is 4.79. The molecule has 1 aliphatic heterocycles. The zero-order valence-electron chi connectivity index (χ0n) is 12.2. The number of nitrogens with zero attached hydrogens (tertiary/aromatic N) is 2. The minimum absolute atomic E-state index is 0. The van der Waals surface area contributed by atoms with E-state index in [0.29, 0.717) is 5.69 Å². The van der Waals surface area contributed by atoms with E-state index in [2.05, 4.69) is 14.6 Å². The molecule has 0 aliphatic carbocycles. The lowest BCUT2D eigenvalue weighted by Gasteiger charge is -2.11. The molecular formula is C13H20ClN3O2S2. The molecule has 1 aliphatic rings. The van der Waals surface area contributed by atoms with E-state index in [9.17, 15) is 8.42 Å². The first-order chi connectivity index (χ1) is 9.38. The van der Waals surface area contributed by atoms with Crippen molar-refractivity contribution in [3.8, 4) is 0 Å². The van der Waals surface area contributed by atoms with Crippen LogP contribution in [0.2, 0.25) is 0 Å². The van der Waals surface area contributed by atoms with Crippen LogP contribution in [-0.4, -0.2) is 43.1 Å². The van der Waals surface area contributed by atoms with Crippen LogP contribution in [0.1, 0.15) is 13.8 Å². The summed E-state index contributed by atoms with van der Waals surface area (Å²) in [5.74, 6) is 1.06. The molecule has 1 N–H and O–H groups in total. The zero-order chi connectivity index (χ0) is 14.8. The number of hydrogen-bond donors (Lipinski definition) is 1. The van der Waals surface area contributed by atoms with E-state index in [4.69, 9.17) is 0 Å². The smallest absolute Gasteiger partial charge is 0.235 e. The van der Waals surface area contributed by atoms with Gasteiger partial charge in [0.1, 0.15) is 0 Å². The average Bonchev–Trinajstić information content (AvgIpc) is 2.77. The van der Waals surface area contributed by atoms with E-state index in [1.807, 2.05) is 19.2 Å². The van der Waals surface area contributed by atoms with Gasteiger partial charge in [0, 0.05) is 25.0 Å². The molecule has 118 valence electrons. The molecule has 1 aromatic carbocycles. The number of amidine groups is 1. The Morgan fingerprint density at radius 3 is 2.38 bits per heavy atom. The van der Waals surface area contributed by atoms with Crippen molar-refractivity contribution < 1.29 is 8.42 Å². The fraction of sp³-hybridized carbons (Fsp3) is 0.462. The Kier molecular flexibility index (Phi) is 6.37. The molecule has 5 nitrogen and oxygen atoms in total. The molecule has 1 fully saturated rings. The van der Waals surface area contributed by atoms with Crippen molar-refractivity contribution in [1.82, 2.24) is 4.90 Å². The van der Waals surface area contributed by atoms with Crippen LogP contribution in [-0.2, 0) is 10.0 Å². The maximum atomic E-state index is 11.8. The van der Waals surface area contributed by atoms with Gasteiger partial charge in [0.25, 0.3) is 0 Å². The van der Waals surface area contributed by atoms with Gasteiger partial charge in [-0.05, 0) is 38.1 Å². The largest absolute Gasteiger partial charge is 0.353 e. The first-order valence-electron chi connectivity index (χ1n) is 6.43. The number of thioether (sulfide) groups is 1. The molecule has 0 amide bonds. The molecule has 1 saturated heterocycles. The first kappa shape index (κ1) is 18.1. The van der Waals surface area contributed by atoms with Crippen molar-refractivity contribution in [2.75, 3.05) is 24.1 Å². The maximum absolute atomic E-state index is 11.8. The third-order valence-electron chi connectivity index (χ3n) is 2.96. The van der Waals surface area contributed by atoms with Crippen LogP contribution in [0.15, 0.2) is 29.3 Å². The van der Waals surface area contributed by atoms with Gasteiger partial charge in [-0.15, -0.1) is 12.4 Å². The summed E-state index contributed by atoms with van der Waals surface area (Å²) in [6.45, 7) is 4.31. The van der Waals surface area contributed by atoms with Crippen LogP contribution in [0.4, 0.5) is 11.4 Å². The predicted molar refractivity (Wildman–Crippen MR) is 93.6 cm³/mol. The molecule has 1 aromatic rings. The van der Waals surface area contributed by atoms with Gasteiger partial charge < -0.3 is 4.90 Å². The predicted octanol–water partition coefficient (Wildman–Crippen LogP) is 2.92. The van der Waals surface area contributed by atoms with Gasteiger partial charge in [0.05, 0.1) is 10.9 Å². The van der Waals surface area contributed by atoms with Crippen molar-refractivity contribution >= 4 is 50.7 Å². The van der Waals surface area contributed by atoms with Crippen molar-refractivity contribution in [3.63, 3.8) is 0 Å². The first-order valence-corrected chi connectivity index (χ1v) is 8.96. The lowest BCUT2D eigenvalue weighted by atomic mass is 10.3. The molecule has 0 saturated carbocycles. The average molecular weight is 350 g/mol. The molecule has 0 spiro atoms. The minimum Gasteiger partial charge on any atom is -0.353 e. The van der Waals surface area contributed by atoms with Gasteiger partial charge in [-0.1, -0.05) is 11.8 Å². The number of sulfonamides is 1. The number of nitrogens with one attached hydrogen (secondary N) is 1. The molecule has 0 aromatic heterocycles. The number of benzene rings is 1. The Hall–Kier alpha value is -0.920. The Bertz CT molecular complexity index is 600. The maximum Gasteiger partial charge on any atom is 0.235 e. The highest BCUT2D eigenvalue weighted by molar-refractivity contribution is 8.14. The van der Waals surface area contributed by atoms with Crippen molar-refractivity contribution in [3.05, 3.63) is 24.3 Å². The monoisotopic (exact) mass is 349 g/mol. The normalized spacial score (nSPS) is 17.1. The summed E-state index contributed by atoms with van der Waals surface area (Å²) in [5, 5.41) is 0.548. The molecular weight excluding hydrogens is 330 g/mol. The molecule has 0 atom stereocenters. The van der Waals surface area contributed by atoms with E-state index >= 15 is 0 Å². The SMILES string of the molecule is CC(C)S(=O)(=O)Nc1ccc(N=C2SCCN2C)cc1.Cl. The Morgan fingerprint density at radius 1 is 1.29 bits per heavy atom. The highest BCUT2D eigenvalue weighted by Crippen LogP contribution is 2.23. The van der Waals surface area contributed by atoms with Crippen molar-refractivity contribution in [2.45, 2.75) is 19.1 Å². The molecule has 21 heavy (non-hydrogen) atoms. The van der Waals surface area contributed by atoms with Crippen LogP contribution in [0.25, 0.3) is 0 Å². The molecule has 8 heteroatoms. The number of anilines is 1.